The molecule has 4 heteroatoms. The van der Waals surface area contributed by atoms with E-state index in [1.807, 2.05) is 13.0 Å². The van der Waals surface area contributed by atoms with E-state index in [-0.39, 0.29) is 0 Å². The molecule has 0 aliphatic rings. The van der Waals surface area contributed by atoms with Gasteiger partial charge in [-0.1, -0.05) is 12.7 Å². The van der Waals surface area contributed by atoms with Crippen molar-refractivity contribution in [1.29, 1.82) is 0 Å². The van der Waals surface area contributed by atoms with Gasteiger partial charge in [0.1, 0.15) is 5.84 Å². The Bertz CT molecular complexity index is 218. The first-order chi connectivity index (χ1) is 6.76. The summed E-state index contributed by atoms with van der Waals surface area (Å²) in [5.74, 6) is 0.468. The minimum atomic E-state index is 0.468. The molecule has 0 aromatic heterocycles. The van der Waals surface area contributed by atoms with Crippen molar-refractivity contribution in [3.05, 3.63) is 24.6 Å². The molecule has 0 rings (SSSR count). The second kappa shape index (κ2) is 8.31. The van der Waals surface area contributed by atoms with E-state index in [0.717, 1.165) is 31.6 Å². The molecule has 0 atom stereocenters. The highest BCUT2D eigenvalue weighted by atomic mass is 15.0. The maximum atomic E-state index is 5.68. The lowest BCUT2D eigenvalue weighted by atomic mass is 10.3. The molecule has 0 aromatic carbocycles. The summed E-state index contributed by atoms with van der Waals surface area (Å²) in [4.78, 5) is 3.90. The van der Waals surface area contributed by atoms with E-state index >= 15 is 0 Å². The van der Waals surface area contributed by atoms with Crippen molar-refractivity contribution in [2.45, 2.75) is 19.8 Å². The average Bonchev–Trinajstić information content (AvgIpc) is 2.18. The smallest absolute Gasteiger partial charge is 0.146 e. The molecule has 0 fully saturated rings. The Labute approximate surface area is 85.8 Å². The zero-order valence-electron chi connectivity index (χ0n) is 8.79. The molecular weight excluding hydrogens is 176 g/mol. The van der Waals surface area contributed by atoms with Crippen LogP contribution in [0, 0.1) is 0 Å². The van der Waals surface area contributed by atoms with Crippen LogP contribution in [0.1, 0.15) is 19.8 Å². The number of unbranched alkanes of at least 4 members (excludes halogenated alkanes) is 1. The third kappa shape index (κ3) is 5.37. The Balaban J connectivity index is 3.93. The molecule has 0 aliphatic heterocycles. The molecule has 4 nitrogen and oxygen atoms in total. The fraction of sp³-hybridized carbons (Fsp3) is 0.500. The van der Waals surface area contributed by atoms with Crippen molar-refractivity contribution in [1.82, 2.24) is 5.32 Å². The Morgan fingerprint density at radius 3 is 2.71 bits per heavy atom. The number of nitrogens with two attached hydrogens (primary N) is 2. The summed E-state index contributed by atoms with van der Waals surface area (Å²) in [6, 6.07) is 0. The van der Waals surface area contributed by atoms with E-state index in [1.54, 1.807) is 0 Å². The lowest BCUT2D eigenvalue weighted by Crippen LogP contribution is -2.27. The van der Waals surface area contributed by atoms with E-state index in [2.05, 4.69) is 16.9 Å². The summed E-state index contributed by atoms with van der Waals surface area (Å²) in [5, 5.41) is 3.19. The summed E-state index contributed by atoms with van der Waals surface area (Å²) in [6.07, 6.45) is 5.38. The standard InChI is InChI=1S/C10H20N4/c1-3-9(10(12)13-4-2)14-8-6-5-7-11/h3-4,14H,2,5-8,11H2,1H3,(H2,12,13)/b9-3+. The van der Waals surface area contributed by atoms with E-state index in [0.29, 0.717) is 5.84 Å². The van der Waals surface area contributed by atoms with Gasteiger partial charge in [0.05, 0.1) is 5.70 Å². The highest BCUT2D eigenvalue weighted by Gasteiger charge is 1.98. The first kappa shape index (κ1) is 12.7. The van der Waals surface area contributed by atoms with Gasteiger partial charge in [-0.3, -0.25) is 0 Å². The van der Waals surface area contributed by atoms with Crippen LogP contribution >= 0.6 is 0 Å². The van der Waals surface area contributed by atoms with Gasteiger partial charge in [-0.2, -0.15) is 0 Å². The van der Waals surface area contributed by atoms with Crippen LogP contribution in [-0.4, -0.2) is 18.9 Å². The lowest BCUT2D eigenvalue weighted by Gasteiger charge is -2.08. The van der Waals surface area contributed by atoms with Gasteiger partial charge in [0.25, 0.3) is 0 Å². The Kier molecular flexibility index (Phi) is 7.55. The average molecular weight is 196 g/mol. The van der Waals surface area contributed by atoms with Gasteiger partial charge < -0.3 is 16.8 Å². The van der Waals surface area contributed by atoms with Crippen molar-refractivity contribution in [3.8, 4) is 0 Å². The molecule has 0 unspecified atom stereocenters. The number of nitrogens with zero attached hydrogens (tertiary/aromatic N) is 1. The lowest BCUT2D eigenvalue weighted by molar-refractivity contribution is 0.694. The maximum absolute atomic E-state index is 5.68. The van der Waals surface area contributed by atoms with E-state index in [4.69, 9.17) is 11.5 Å². The number of hydrogen-bond acceptors (Lipinski definition) is 3. The summed E-state index contributed by atoms with van der Waals surface area (Å²) >= 11 is 0. The van der Waals surface area contributed by atoms with Crippen LogP contribution in [-0.2, 0) is 0 Å². The van der Waals surface area contributed by atoms with Gasteiger partial charge in [0.2, 0.25) is 0 Å². The Hall–Kier alpha value is -1.29. The topological polar surface area (TPSA) is 76.4 Å². The molecule has 0 heterocycles. The summed E-state index contributed by atoms with van der Waals surface area (Å²) in [5.41, 5.74) is 11.9. The van der Waals surface area contributed by atoms with Crippen LogP contribution in [0.4, 0.5) is 0 Å². The van der Waals surface area contributed by atoms with Gasteiger partial charge in [-0.15, -0.1) is 0 Å². The minimum absolute atomic E-state index is 0.468. The number of allylic oxidation sites excluding steroid dienone is 1. The van der Waals surface area contributed by atoms with Crippen LogP contribution in [0.3, 0.4) is 0 Å². The number of hydrogen-bond donors (Lipinski definition) is 3. The predicted octanol–water partition coefficient (Wildman–Crippen LogP) is 0.719. The highest BCUT2D eigenvalue weighted by molar-refractivity contribution is 5.96. The van der Waals surface area contributed by atoms with Crippen molar-refractivity contribution in [3.63, 3.8) is 0 Å². The maximum Gasteiger partial charge on any atom is 0.146 e. The molecule has 0 spiro atoms. The van der Waals surface area contributed by atoms with Crippen molar-refractivity contribution >= 4 is 5.84 Å². The van der Waals surface area contributed by atoms with E-state index < -0.39 is 0 Å². The second-order valence-corrected chi connectivity index (χ2v) is 2.82. The largest absolute Gasteiger partial charge is 0.382 e. The van der Waals surface area contributed by atoms with Crippen LogP contribution in [0.25, 0.3) is 0 Å². The Morgan fingerprint density at radius 1 is 1.50 bits per heavy atom. The summed E-state index contributed by atoms with van der Waals surface area (Å²) in [6.45, 7) is 6.99. The fourth-order valence-corrected chi connectivity index (χ4v) is 1.00. The molecule has 0 saturated heterocycles. The third-order valence-electron chi connectivity index (χ3n) is 1.74. The minimum Gasteiger partial charge on any atom is -0.382 e. The van der Waals surface area contributed by atoms with Crippen LogP contribution in [0.5, 0.6) is 0 Å². The molecule has 0 aliphatic carbocycles. The summed E-state index contributed by atoms with van der Waals surface area (Å²) < 4.78 is 0. The highest BCUT2D eigenvalue weighted by Crippen LogP contribution is 1.92. The fourth-order valence-electron chi connectivity index (χ4n) is 1.00. The van der Waals surface area contributed by atoms with Crippen molar-refractivity contribution in [2.24, 2.45) is 16.5 Å². The molecular formula is C10H20N4. The second-order valence-electron chi connectivity index (χ2n) is 2.82. The number of nitrogens with one attached hydrogen (secondary N) is 1. The van der Waals surface area contributed by atoms with E-state index in [9.17, 15) is 0 Å². The normalized spacial score (nSPS) is 12.7. The van der Waals surface area contributed by atoms with Gasteiger partial charge in [-0.25, -0.2) is 4.99 Å². The van der Waals surface area contributed by atoms with Crippen LogP contribution in [0.2, 0.25) is 0 Å². The number of amidine groups is 1. The van der Waals surface area contributed by atoms with Gasteiger partial charge in [0.15, 0.2) is 0 Å². The quantitative estimate of drug-likeness (QED) is 0.319. The van der Waals surface area contributed by atoms with Crippen LogP contribution < -0.4 is 16.8 Å². The zero-order valence-corrected chi connectivity index (χ0v) is 8.79. The number of aliphatic imine (C=N–C) groups is 1. The van der Waals surface area contributed by atoms with Crippen molar-refractivity contribution < 1.29 is 0 Å². The molecule has 0 saturated carbocycles. The van der Waals surface area contributed by atoms with Gasteiger partial charge in [-0.05, 0) is 26.3 Å². The third-order valence-corrected chi connectivity index (χ3v) is 1.74. The molecule has 0 bridgehead atoms. The first-order valence-electron chi connectivity index (χ1n) is 4.81. The molecule has 0 aromatic rings. The predicted molar refractivity (Wildman–Crippen MR) is 61.9 cm³/mol. The first-order valence-corrected chi connectivity index (χ1v) is 4.81. The Morgan fingerprint density at radius 2 is 2.21 bits per heavy atom. The number of rotatable bonds is 7. The molecule has 0 radical (unpaired) electrons. The SMILES string of the molecule is C=CN=C(N)/C(=C\C)NCCCCN. The van der Waals surface area contributed by atoms with Crippen molar-refractivity contribution in [2.75, 3.05) is 13.1 Å². The molecule has 14 heavy (non-hydrogen) atoms. The molecule has 80 valence electrons. The molecule has 0 amide bonds. The zero-order chi connectivity index (χ0) is 10.8. The summed E-state index contributed by atoms with van der Waals surface area (Å²) in [7, 11) is 0. The molecule has 5 N–H and O–H groups in total. The monoisotopic (exact) mass is 196 g/mol. The van der Waals surface area contributed by atoms with Gasteiger partial charge >= 0.3 is 0 Å². The van der Waals surface area contributed by atoms with Gasteiger partial charge in [0, 0.05) is 12.7 Å². The van der Waals surface area contributed by atoms with E-state index in [1.165, 1.54) is 6.20 Å². The van der Waals surface area contributed by atoms with Crippen LogP contribution in [0.15, 0.2) is 29.5 Å².